The van der Waals surface area contributed by atoms with E-state index in [-0.39, 0.29) is 19.1 Å². The molecule has 3 heteroatoms. The number of hydrogen-bond donors (Lipinski definition) is 2. The Morgan fingerprint density at radius 3 is 2.08 bits per heavy atom. The Labute approximate surface area is 153 Å². The molecule has 0 bridgehead atoms. The fourth-order valence-corrected chi connectivity index (χ4v) is 3.87. The van der Waals surface area contributed by atoms with Gasteiger partial charge in [0.25, 0.3) is 0 Å². The summed E-state index contributed by atoms with van der Waals surface area (Å²) in [6, 6.07) is 10.4. The van der Waals surface area contributed by atoms with Crippen molar-refractivity contribution in [3.63, 3.8) is 0 Å². The van der Waals surface area contributed by atoms with Crippen LogP contribution in [-0.2, 0) is 6.42 Å². The lowest BCUT2D eigenvalue weighted by atomic mass is 9.79. The normalized spacial score (nSPS) is 13.2. The molecule has 2 N–H and O–H groups in total. The molecule has 138 valence electrons. The van der Waals surface area contributed by atoms with Gasteiger partial charge in [-0.25, -0.2) is 0 Å². The van der Waals surface area contributed by atoms with E-state index in [1.54, 1.807) is 0 Å². The average Bonchev–Trinajstić information content (AvgIpc) is 2.58. The molecule has 2 nitrogen and oxygen atoms in total. The first-order valence-electron chi connectivity index (χ1n) is 9.61. The maximum Gasteiger partial charge on any atom is 0.0521 e. The third-order valence-electron chi connectivity index (χ3n) is 5.02. The molecule has 0 radical (unpaired) electrons. The fraction of sp³-hybridized carbons (Fsp3) is 0.714. The summed E-state index contributed by atoms with van der Waals surface area (Å²) in [5, 5.41) is 18.9. The van der Waals surface area contributed by atoms with E-state index in [4.69, 9.17) is 11.6 Å². The van der Waals surface area contributed by atoms with Crippen LogP contribution in [0.1, 0.15) is 70.3 Å². The minimum atomic E-state index is -0.511. The van der Waals surface area contributed by atoms with Crippen LogP contribution in [0.25, 0.3) is 0 Å². The Morgan fingerprint density at radius 1 is 0.917 bits per heavy atom. The summed E-state index contributed by atoms with van der Waals surface area (Å²) in [5.74, 6) is 0.284. The van der Waals surface area contributed by atoms with Crippen LogP contribution in [-0.4, -0.2) is 28.3 Å². The summed E-state index contributed by atoms with van der Waals surface area (Å²) in [7, 11) is 0. The van der Waals surface area contributed by atoms with Crippen molar-refractivity contribution in [1.29, 1.82) is 0 Å². The maximum absolute atomic E-state index is 9.45. The van der Waals surface area contributed by atoms with Crippen molar-refractivity contribution in [1.82, 2.24) is 0 Å². The van der Waals surface area contributed by atoms with E-state index < -0.39 is 4.87 Å². The van der Waals surface area contributed by atoms with Gasteiger partial charge >= 0.3 is 0 Å². The highest BCUT2D eigenvalue weighted by Gasteiger charge is 2.35. The maximum atomic E-state index is 9.45. The summed E-state index contributed by atoms with van der Waals surface area (Å²) < 4.78 is 0. The van der Waals surface area contributed by atoms with Gasteiger partial charge in [-0.1, -0.05) is 75.8 Å². The van der Waals surface area contributed by atoms with Gasteiger partial charge in [0.1, 0.15) is 0 Å². The number of alkyl halides is 1. The first-order valence-corrected chi connectivity index (χ1v) is 9.98. The topological polar surface area (TPSA) is 40.5 Å². The highest BCUT2D eigenvalue weighted by atomic mass is 35.5. The molecular weight excluding hydrogens is 320 g/mol. The largest absolute Gasteiger partial charge is 0.396 e. The van der Waals surface area contributed by atoms with Crippen LogP contribution in [0.4, 0.5) is 0 Å². The third kappa shape index (κ3) is 8.00. The van der Waals surface area contributed by atoms with Gasteiger partial charge in [-0.3, -0.25) is 0 Å². The van der Waals surface area contributed by atoms with Crippen LogP contribution in [0.2, 0.25) is 0 Å². The SMILES string of the molecule is CCCCCCCCC(Cc1ccccc1)C(Cl)(CCO)CCO. The second-order valence-corrected chi connectivity index (χ2v) is 7.68. The summed E-state index contributed by atoms with van der Waals surface area (Å²) in [4.78, 5) is -0.511. The Balaban J connectivity index is 2.67. The molecule has 0 aromatic heterocycles. The number of rotatable bonds is 14. The Bertz CT molecular complexity index is 402. The van der Waals surface area contributed by atoms with E-state index in [0.29, 0.717) is 12.8 Å². The zero-order valence-electron chi connectivity index (χ0n) is 15.2. The summed E-state index contributed by atoms with van der Waals surface area (Å²) in [6.45, 7) is 2.39. The number of aliphatic hydroxyl groups is 2. The van der Waals surface area contributed by atoms with Gasteiger partial charge in [0, 0.05) is 13.2 Å². The Kier molecular flexibility index (Phi) is 11.4. The molecule has 0 heterocycles. The lowest BCUT2D eigenvalue weighted by molar-refractivity contribution is 0.186. The van der Waals surface area contributed by atoms with Gasteiger partial charge in [-0.15, -0.1) is 11.6 Å². The summed E-state index contributed by atoms with van der Waals surface area (Å²) in [6.07, 6.45) is 10.7. The quantitative estimate of drug-likeness (QED) is 0.350. The first kappa shape index (κ1) is 21.5. The molecule has 1 aromatic carbocycles. The third-order valence-corrected chi connectivity index (χ3v) is 5.70. The van der Waals surface area contributed by atoms with Crippen molar-refractivity contribution in [2.24, 2.45) is 5.92 Å². The van der Waals surface area contributed by atoms with E-state index >= 15 is 0 Å². The molecular formula is C21H35ClO2. The minimum Gasteiger partial charge on any atom is -0.396 e. The van der Waals surface area contributed by atoms with Crippen molar-refractivity contribution >= 4 is 11.6 Å². The van der Waals surface area contributed by atoms with Gasteiger partial charge in [0.2, 0.25) is 0 Å². The van der Waals surface area contributed by atoms with Crippen LogP contribution < -0.4 is 0 Å². The van der Waals surface area contributed by atoms with Crippen molar-refractivity contribution in [3.05, 3.63) is 35.9 Å². The lowest BCUT2D eigenvalue weighted by Gasteiger charge is -2.35. The van der Waals surface area contributed by atoms with E-state index in [0.717, 1.165) is 12.8 Å². The van der Waals surface area contributed by atoms with Crippen LogP contribution in [0.3, 0.4) is 0 Å². The molecule has 0 aliphatic rings. The second kappa shape index (κ2) is 12.7. The van der Waals surface area contributed by atoms with Crippen LogP contribution >= 0.6 is 11.6 Å². The van der Waals surface area contributed by atoms with E-state index in [2.05, 4.69) is 31.2 Å². The van der Waals surface area contributed by atoms with Crippen molar-refractivity contribution < 1.29 is 10.2 Å². The molecule has 0 amide bonds. The molecule has 24 heavy (non-hydrogen) atoms. The summed E-state index contributed by atoms with van der Waals surface area (Å²) >= 11 is 6.90. The standard InChI is InChI=1S/C21H35ClO2/c1-2-3-4-5-6-10-13-20(18-19-11-8-7-9-12-19)21(22,14-16-23)15-17-24/h7-9,11-12,20,23-24H,2-6,10,13-18H2,1H3. The van der Waals surface area contributed by atoms with Crippen LogP contribution in [0, 0.1) is 5.92 Å². The molecule has 0 spiro atoms. The average molecular weight is 355 g/mol. The van der Waals surface area contributed by atoms with Gasteiger partial charge in [0.15, 0.2) is 0 Å². The molecule has 0 aliphatic carbocycles. The number of unbranched alkanes of at least 4 members (excludes halogenated alkanes) is 5. The van der Waals surface area contributed by atoms with Gasteiger partial charge < -0.3 is 10.2 Å². The van der Waals surface area contributed by atoms with E-state index in [9.17, 15) is 10.2 Å². The van der Waals surface area contributed by atoms with Crippen molar-refractivity contribution in [2.75, 3.05) is 13.2 Å². The Morgan fingerprint density at radius 2 is 1.50 bits per heavy atom. The lowest BCUT2D eigenvalue weighted by Crippen LogP contribution is -2.36. The number of hydrogen-bond acceptors (Lipinski definition) is 2. The minimum absolute atomic E-state index is 0.0747. The number of benzene rings is 1. The first-order chi connectivity index (χ1) is 11.7. The molecule has 1 unspecified atom stereocenters. The smallest absolute Gasteiger partial charge is 0.0521 e. The molecule has 0 aliphatic heterocycles. The zero-order valence-corrected chi connectivity index (χ0v) is 16.0. The molecule has 0 fully saturated rings. The molecule has 0 saturated carbocycles. The monoisotopic (exact) mass is 354 g/mol. The van der Waals surface area contributed by atoms with Crippen molar-refractivity contribution in [2.45, 2.75) is 76.0 Å². The van der Waals surface area contributed by atoms with Crippen LogP contribution in [0.15, 0.2) is 30.3 Å². The molecule has 1 aromatic rings. The van der Waals surface area contributed by atoms with E-state index in [1.165, 1.54) is 44.1 Å². The highest BCUT2D eigenvalue weighted by molar-refractivity contribution is 6.24. The Hall–Kier alpha value is -0.570. The molecule has 1 atom stereocenters. The van der Waals surface area contributed by atoms with Crippen molar-refractivity contribution in [3.8, 4) is 0 Å². The molecule has 0 saturated heterocycles. The fourth-order valence-electron chi connectivity index (χ4n) is 3.52. The number of halogens is 1. The second-order valence-electron chi connectivity index (χ2n) is 6.92. The highest BCUT2D eigenvalue weighted by Crippen LogP contribution is 2.38. The van der Waals surface area contributed by atoms with Crippen LogP contribution in [0.5, 0.6) is 0 Å². The van der Waals surface area contributed by atoms with E-state index in [1.807, 2.05) is 6.07 Å². The predicted octanol–water partition coefficient (Wildman–Crippen LogP) is 5.34. The van der Waals surface area contributed by atoms with Gasteiger partial charge in [-0.05, 0) is 37.2 Å². The van der Waals surface area contributed by atoms with Gasteiger partial charge in [-0.2, -0.15) is 0 Å². The predicted molar refractivity (Wildman–Crippen MR) is 104 cm³/mol. The zero-order chi connectivity index (χ0) is 17.7. The number of aliphatic hydroxyl groups excluding tert-OH is 2. The summed E-state index contributed by atoms with van der Waals surface area (Å²) in [5.41, 5.74) is 1.29. The molecule has 1 rings (SSSR count). The van der Waals surface area contributed by atoms with Gasteiger partial charge in [0.05, 0.1) is 4.87 Å².